The molecule has 1 heterocycles. The molecule has 1 aliphatic heterocycles. The Bertz CT molecular complexity index is 1180. The van der Waals surface area contributed by atoms with Crippen molar-refractivity contribution in [2.75, 3.05) is 39.3 Å². The second kappa shape index (κ2) is 16.4. The maximum absolute atomic E-state index is 12.2. The summed E-state index contributed by atoms with van der Waals surface area (Å²) in [6, 6.07) is 19.7. The fourth-order valence-electron chi connectivity index (χ4n) is 5.65. The molecule has 0 atom stereocenters. The van der Waals surface area contributed by atoms with Gasteiger partial charge in [0.15, 0.2) is 0 Å². The zero-order valence-corrected chi connectivity index (χ0v) is 26.9. The normalized spacial score (nSPS) is 17.1. The molecule has 4 rings (SSSR count). The number of piperazine rings is 1. The lowest BCUT2D eigenvalue weighted by molar-refractivity contribution is -0.128. The Morgan fingerprint density at radius 1 is 0.907 bits per heavy atom. The molecule has 43 heavy (non-hydrogen) atoms. The molecular formula is C35H51N5O3. The number of nitrogens with zero attached hydrogens (tertiary/aromatic N) is 3. The zero-order valence-electron chi connectivity index (χ0n) is 26.9. The van der Waals surface area contributed by atoms with Crippen LogP contribution in [0.25, 0.3) is 11.1 Å². The number of nitrogens with one attached hydrogen (secondary N) is 2. The number of alkyl carbamates (subject to hydrolysis) is 1. The molecular weight excluding hydrogens is 538 g/mol. The van der Waals surface area contributed by atoms with Crippen molar-refractivity contribution < 1.29 is 14.3 Å². The molecule has 1 saturated heterocycles. The molecule has 1 saturated carbocycles. The summed E-state index contributed by atoms with van der Waals surface area (Å²) in [5, 5.41) is 13.8. The van der Waals surface area contributed by atoms with Gasteiger partial charge in [-0.1, -0.05) is 80.3 Å². The molecule has 8 heteroatoms. The lowest BCUT2D eigenvalue weighted by atomic mass is 9.81. The molecule has 0 radical (unpaired) electrons. The van der Waals surface area contributed by atoms with Gasteiger partial charge in [-0.05, 0) is 70.2 Å². The van der Waals surface area contributed by atoms with Crippen molar-refractivity contribution in [3.8, 4) is 17.2 Å². The average molecular weight is 590 g/mol. The molecule has 1 aliphatic carbocycles. The van der Waals surface area contributed by atoms with Crippen molar-refractivity contribution in [1.82, 2.24) is 20.4 Å². The van der Waals surface area contributed by atoms with Crippen LogP contribution in [-0.4, -0.2) is 72.2 Å². The Kier molecular flexibility index (Phi) is 13.0. The van der Waals surface area contributed by atoms with Crippen LogP contribution in [0.1, 0.15) is 77.3 Å². The Morgan fingerprint density at radius 2 is 1.47 bits per heavy atom. The largest absolute Gasteiger partial charge is 0.444 e. The third-order valence-electron chi connectivity index (χ3n) is 7.96. The van der Waals surface area contributed by atoms with E-state index in [0.717, 1.165) is 25.8 Å². The SMILES string of the molecule is CC(C)(C)OC(=O)NC1(C(=O)NCC#N)CCCCC1.CCCN1CCN(Cc2ccc(-c3ccc(C)cc3)cc2)CC1. The van der Waals surface area contributed by atoms with Crippen LogP contribution < -0.4 is 10.6 Å². The molecule has 234 valence electrons. The minimum Gasteiger partial charge on any atom is -0.444 e. The summed E-state index contributed by atoms with van der Waals surface area (Å²) in [5.41, 5.74) is 3.79. The van der Waals surface area contributed by atoms with E-state index in [9.17, 15) is 9.59 Å². The van der Waals surface area contributed by atoms with Crippen LogP contribution in [0, 0.1) is 18.3 Å². The highest BCUT2D eigenvalue weighted by atomic mass is 16.6. The highest BCUT2D eigenvalue weighted by molar-refractivity contribution is 5.90. The standard InChI is InChI=1S/C21H28N2.C14H23N3O3/c1-3-12-22-13-15-23(16-14-22)17-19-6-10-21(11-7-19)20-8-4-18(2)5-9-20;1-13(2,3)20-12(19)17-14(7-5-4-6-8-14)11(18)16-10-9-15/h4-11H,3,12-17H2,1-2H3;4-8,10H2,1-3H3,(H,16,18)(H,17,19). The van der Waals surface area contributed by atoms with Crippen molar-refractivity contribution in [2.45, 2.75) is 90.8 Å². The number of amides is 2. The molecule has 2 amide bonds. The van der Waals surface area contributed by atoms with E-state index in [1.807, 2.05) is 6.07 Å². The number of benzene rings is 2. The second-order valence-corrected chi connectivity index (χ2v) is 12.8. The Labute approximate surface area is 258 Å². The first kappa shape index (κ1) is 34.1. The Morgan fingerprint density at radius 3 is 2.00 bits per heavy atom. The number of carbonyl (C=O) groups is 2. The van der Waals surface area contributed by atoms with Crippen LogP contribution in [-0.2, 0) is 16.1 Å². The summed E-state index contributed by atoms with van der Waals surface area (Å²) in [6.45, 7) is 16.8. The molecule has 0 aromatic heterocycles. The van der Waals surface area contributed by atoms with Gasteiger partial charge in [-0.2, -0.15) is 5.26 Å². The van der Waals surface area contributed by atoms with Crippen LogP contribution >= 0.6 is 0 Å². The van der Waals surface area contributed by atoms with Crippen LogP contribution in [0.15, 0.2) is 48.5 Å². The Hall–Kier alpha value is -3.41. The maximum Gasteiger partial charge on any atom is 0.408 e. The first-order valence-electron chi connectivity index (χ1n) is 15.8. The fraction of sp³-hybridized carbons (Fsp3) is 0.571. The lowest BCUT2D eigenvalue weighted by Gasteiger charge is -2.36. The van der Waals surface area contributed by atoms with Gasteiger partial charge in [-0.3, -0.25) is 9.69 Å². The van der Waals surface area contributed by atoms with E-state index >= 15 is 0 Å². The van der Waals surface area contributed by atoms with Crippen LogP contribution in [0.3, 0.4) is 0 Å². The molecule has 2 aromatic carbocycles. The van der Waals surface area contributed by atoms with Gasteiger partial charge >= 0.3 is 6.09 Å². The van der Waals surface area contributed by atoms with Crippen molar-refractivity contribution in [2.24, 2.45) is 0 Å². The van der Waals surface area contributed by atoms with Gasteiger partial charge in [0.2, 0.25) is 5.91 Å². The third kappa shape index (κ3) is 11.3. The van der Waals surface area contributed by atoms with Gasteiger partial charge in [-0.15, -0.1) is 0 Å². The molecule has 0 unspecified atom stereocenters. The van der Waals surface area contributed by atoms with Gasteiger partial charge in [-0.25, -0.2) is 4.79 Å². The van der Waals surface area contributed by atoms with Crippen molar-refractivity contribution in [3.05, 3.63) is 59.7 Å². The highest BCUT2D eigenvalue weighted by Gasteiger charge is 2.41. The summed E-state index contributed by atoms with van der Waals surface area (Å²) in [7, 11) is 0. The number of rotatable bonds is 8. The molecule has 0 bridgehead atoms. The lowest BCUT2D eigenvalue weighted by Crippen LogP contribution is -2.60. The van der Waals surface area contributed by atoms with Gasteiger partial charge in [0.05, 0.1) is 6.07 Å². The maximum atomic E-state index is 12.2. The number of hydrogen-bond donors (Lipinski definition) is 2. The number of ether oxygens (including phenoxy) is 1. The van der Waals surface area contributed by atoms with Crippen LogP contribution in [0.4, 0.5) is 4.79 Å². The quantitative estimate of drug-likeness (QED) is 0.364. The van der Waals surface area contributed by atoms with Gasteiger partial charge < -0.3 is 20.3 Å². The number of aryl methyl sites for hydroxylation is 1. The fourth-order valence-corrected chi connectivity index (χ4v) is 5.65. The van der Waals surface area contributed by atoms with E-state index in [0.29, 0.717) is 12.8 Å². The van der Waals surface area contributed by atoms with Crippen LogP contribution in [0.2, 0.25) is 0 Å². The first-order valence-corrected chi connectivity index (χ1v) is 15.8. The number of hydrogen-bond acceptors (Lipinski definition) is 6. The molecule has 2 fully saturated rings. The smallest absolute Gasteiger partial charge is 0.408 e. The van der Waals surface area contributed by atoms with Gasteiger partial charge in [0.25, 0.3) is 0 Å². The average Bonchev–Trinajstić information content (AvgIpc) is 2.98. The van der Waals surface area contributed by atoms with E-state index in [4.69, 9.17) is 10.00 Å². The summed E-state index contributed by atoms with van der Waals surface area (Å²) in [4.78, 5) is 29.3. The third-order valence-corrected chi connectivity index (χ3v) is 7.96. The minimum absolute atomic E-state index is 0.0589. The van der Waals surface area contributed by atoms with E-state index in [-0.39, 0.29) is 12.5 Å². The molecule has 2 aliphatic rings. The van der Waals surface area contributed by atoms with E-state index in [1.54, 1.807) is 20.8 Å². The molecule has 2 aromatic rings. The van der Waals surface area contributed by atoms with E-state index < -0.39 is 17.2 Å². The number of carbonyl (C=O) groups excluding carboxylic acids is 2. The van der Waals surface area contributed by atoms with Crippen molar-refractivity contribution in [1.29, 1.82) is 5.26 Å². The van der Waals surface area contributed by atoms with Gasteiger partial charge in [0, 0.05) is 32.7 Å². The summed E-state index contributed by atoms with van der Waals surface area (Å²) >= 11 is 0. The summed E-state index contributed by atoms with van der Waals surface area (Å²) in [6.07, 6.45) is 4.61. The van der Waals surface area contributed by atoms with E-state index in [2.05, 4.69) is 82.8 Å². The summed E-state index contributed by atoms with van der Waals surface area (Å²) in [5.74, 6) is -0.301. The molecule has 8 nitrogen and oxygen atoms in total. The monoisotopic (exact) mass is 589 g/mol. The topological polar surface area (TPSA) is 97.7 Å². The predicted octanol–water partition coefficient (Wildman–Crippen LogP) is 6.04. The van der Waals surface area contributed by atoms with Crippen LogP contribution in [0.5, 0.6) is 0 Å². The second-order valence-electron chi connectivity index (χ2n) is 12.8. The van der Waals surface area contributed by atoms with Crippen molar-refractivity contribution >= 4 is 12.0 Å². The minimum atomic E-state index is -0.947. The number of nitriles is 1. The van der Waals surface area contributed by atoms with Crippen molar-refractivity contribution in [3.63, 3.8) is 0 Å². The zero-order chi connectivity index (χ0) is 31.3. The van der Waals surface area contributed by atoms with E-state index in [1.165, 1.54) is 61.4 Å². The molecule has 2 N–H and O–H groups in total. The molecule has 0 spiro atoms. The first-order chi connectivity index (χ1) is 20.5. The highest BCUT2D eigenvalue weighted by Crippen LogP contribution is 2.29. The van der Waals surface area contributed by atoms with Gasteiger partial charge in [0.1, 0.15) is 17.7 Å². The predicted molar refractivity (Wildman–Crippen MR) is 172 cm³/mol. The summed E-state index contributed by atoms with van der Waals surface area (Å²) < 4.78 is 5.23. The Balaban J connectivity index is 0.000000238.